The van der Waals surface area contributed by atoms with E-state index in [2.05, 4.69) is 16.0 Å². The number of rotatable bonds is 9. The van der Waals surface area contributed by atoms with Crippen LogP contribution < -0.4 is 21.3 Å². The van der Waals surface area contributed by atoms with Gasteiger partial charge in [-0.05, 0) is 44.4 Å². The zero-order chi connectivity index (χ0) is 26.8. The number of carbonyl (C=O) groups is 4. The SMILES string of the molecule is CC1(C)CC(C[C@@H](C#N)NC(=O)C(CC2CC2)NC(=O)C(NC(=O)C(F)(F)F)C(C)(C)C)C(=O)N1. The summed E-state index contributed by atoms with van der Waals surface area (Å²) in [6, 6.07) is -1.68. The monoisotopic (exact) mass is 501 g/mol. The fraction of sp³-hybridized carbons (Fsp3) is 0.783. The minimum Gasteiger partial charge on any atom is -0.351 e. The maximum atomic E-state index is 13.0. The number of nitrogens with one attached hydrogen (secondary N) is 4. The first-order valence-electron chi connectivity index (χ1n) is 11.6. The number of hydrogen-bond acceptors (Lipinski definition) is 5. The summed E-state index contributed by atoms with van der Waals surface area (Å²) in [5.41, 5.74) is -1.50. The van der Waals surface area contributed by atoms with Crippen LogP contribution in [0.2, 0.25) is 0 Å². The van der Waals surface area contributed by atoms with Crippen molar-refractivity contribution in [1.29, 1.82) is 5.26 Å². The van der Waals surface area contributed by atoms with Crippen LogP contribution in [0.4, 0.5) is 13.2 Å². The van der Waals surface area contributed by atoms with Gasteiger partial charge in [0.15, 0.2) is 0 Å². The van der Waals surface area contributed by atoms with Crippen molar-refractivity contribution >= 4 is 23.6 Å². The van der Waals surface area contributed by atoms with Crippen molar-refractivity contribution in [3.63, 3.8) is 0 Å². The normalized spacial score (nSPS) is 22.3. The van der Waals surface area contributed by atoms with Gasteiger partial charge in [0.1, 0.15) is 18.1 Å². The summed E-state index contributed by atoms with van der Waals surface area (Å²) in [5.74, 6) is -4.36. The highest BCUT2D eigenvalue weighted by Gasteiger charge is 2.44. The number of alkyl halides is 3. The Hall–Kier alpha value is -2.84. The molecule has 1 aliphatic heterocycles. The van der Waals surface area contributed by atoms with Crippen molar-refractivity contribution in [3.05, 3.63) is 0 Å². The second kappa shape index (κ2) is 10.4. The fourth-order valence-corrected chi connectivity index (χ4v) is 4.15. The molecular weight excluding hydrogens is 467 g/mol. The molecule has 4 N–H and O–H groups in total. The lowest BCUT2D eigenvalue weighted by Crippen LogP contribution is -2.59. The molecule has 1 heterocycles. The third kappa shape index (κ3) is 8.40. The lowest BCUT2D eigenvalue weighted by molar-refractivity contribution is -0.175. The van der Waals surface area contributed by atoms with Gasteiger partial charge in [-0.2, -0.15) is 18.4 Å². The molecule has 2 rings (SSSR count). The topological polar surface area (TPSA) is 140 Å². The highest BCUT2D eigenvalue weighted by atomic mass is 19.4. The molecule has 2 fully saturated rings. The Morgan fingerprint density at radius 2 is 1.69 bits per heavy atom. The maximum absolute atomic E-state index is 13.0. The second-order valence-electron chi connectivity index (χ2n) is 11.2. The number of carbonyl (C=O) groups excluding carboxylic acids is 4. The van der Waals surface area contributed by atoms with E-state index in [4.69, 9.17) is 0 Å². The van der Waals surface area contributed by atoms with Crippen LogP contribution >= 0.6 is 0 Å². The van der Waals surface area contributed by atoms with Gasteiger partial charge in [-0.3, -0.25) is 19.2 Å². The lowest BCUT2D eigenvalue weighted by atomic mass is 9.85. The number of hydrogen-bond donors (Lipinski definition) is 4. The first-order valence-corrected chi connectivity index (χ1v) is 11.6. The number of halogens is 3. The summed E-state index contributed by atoms with van der Waals surface area (Å²) in [6.45, 7) is 8.18. The third-order valence-electron chi connectivity index (χ3n) is 6.14. The molecule has 0 bridgehead atoms. The van der Waals surface area contributed by atoms with Crippen LogP contribution in [0.5, 0.6) is 0 Å². The smallest absolute Gasteiger partial charge is 0.351 e. The predicted octanol–water partition coefficient (Wildman–Crippen LogP) is 1.68. The summed E-state index contributed by atoms with van der Waals surface area (Å²) < 4.78 is 38.4. The maximum Gasteiger partial charge on any atom is 0.471 e. The Kier molecular flexibility index (Phi) is 8.45. The molecule has 4 amide bonds. The zero-order valence-corrected chi connectivity index (χ0v) is 20.6. The summed E-state index contributed by atoms with van der Waals surface area (Å²) in [7, 11) is 0. The molecule has 0 aromatic heterocycles. The molecule has 4 atom stereocenters. The first-order chi connectivity index (χ1) is 15.9. The Morgan fingerprint density at radius 1 is 1.09 bits per heavy atom. The van der Waals surface area contributed by atoms with E-state index in [-0.39, 0.29) is 24.7 Å². The summed E-state index contributed by atoms with van der Waals surface area (Å²) in [4.78, 5) is 49.6. The number of nitriles is 1. The quantitative estimate of drug-likeness (QED) is 0.381. The van der Waals surface area contributed by atoms with E-state index in [0.717, 1.165) is 12.8 Å². The molecule has 12 heteroatoms. The molecular formula is C23H34F3N5O4. The summed E-state index contributed by atoms with van der Waals surface area (Å²) >= 11 is 0. The van der Waals surface area contributed by atoms with E-state index in [0.29, 0.717) is 6.42 Å². The third-order valence-corrected chi connectivity index (χ3v) is 6.14. The van der Waals surface area contributed by atoms with Crippen molar-refractivity contribution in [3.8, 4) is 6.07 Å². The molecule has 196 valence electrons. The minimum atomic E-state index is -5.17. The van der Waals surface area contributed by atoms with Crippen LogP contribution in [-0.4, -0.2) is 53.5 Å². The van der Waals surface area contributed by atoms with E-state index in [1.807, 2.05) is 19.9 Å². The van der Waals surface area contributed by atoms with Crippen LogP contribution in [0.3, 0.4) is 0 Å². The summed E-state index contributed by atoms with van der Waals surface area (Å²) in [6.07, 6.45) is -2.66. The van der Waals surface area contributed by atoms with Gasteiger partial charge < -0.3 is 21.3 Å². The van der Waals surface area contributed by atoms with Crippen LogP contribution in [0, 0.1) is 28.6 Å². The lowest BCUT2D eigenvalue weighted by Gasteiger charge is -2.32. The van der Waals surface area contributed by atoms with Crippen molar-refractivity contribution in [1.82, 2.24) is 21.3 Å². The van der Waals surface area contributed by atoms with Gasteiger partial charge in [0.05, 0.1) is 6.07 Å². The Morgan fingerprint density at radius 3 is 2.11 bits per heavy atom. The molecule has 3 unspecified atom stereocenters. The predicted molar refractivity (Wildman–Crippen MR) is 119 cm³/mol. The molecule has 0 aromatic carbocycles. The van der Waals surface area contributed by atoms with E-state index in [9.17, 15) is 37.6 Å². The van der Waals surface area contributed by atoms with E-state index in [1.165, 1.54) is 20.8 Å². The van der Waals surface area contributed by atoms with Gasteiger partial charge in [0.25, 0.3) is 0 Å². The van der Waals surface area contributed by atoms with E-state index < -0.39 is 58.9 Å². The molecule has 9 nitrogen and oxygen atoms in total. The van der Waals surface area contributed by atoms with Gasteiger partial charge in [0, 0.05) is 11.5 Å². The van der Waals surface area contributed by atoms with Gasteiger partial charge >= 0.3 is 12.1 Å². The van der Waals surface area contributed by atoms with Crippen LogP contribution in [0.25, 0.3) is 0 Å². The first kappa shape index (κ1) is 28.4. The zero-order valence-electron chi connectivity index (χ0n) is 20.6. The molecule has 1 aliphatic carbocycles. The average molecular weight is 502 g/mol. The van der Waals surface area contributed by atoms with Crippen LogP contribution in [-0.2, 0) is 19.2 Å². The van der Waals surface area contributed by atoms with Crippen molar-refractivity contribution < 1.29 is 32.3 Å². The Bertz CT molecular complexity index is 887. The number of amides is 4. The molecule has 0 aromatic rings. The van der Waals surface area contributed by atoms with Crippen molar-refractivity contribution in [2.24, 2.45) is 17.3 Å². The molecule has 1 saturated carbocycles. The van der Waals surface area contributed by atoms with Crippen LogP contribution in [0.15, 0.2) is 0 Å². The minimum absolute atomic E-state index is 0.0911. The summed E-state index contributed by atoms with van der Waals surface area (Å²) in [5, 5.41) is 19.1. The molecule has 35 heavy (non-hydrogen) atoms. The van der Waals surface area contributed by atoms with Gasteiger partial charge in [-0.1, -0.05) is 33.6 Å². The Labute approximate surface area is 202 Å². The molecule has 0 spiro atoms. The van der Waals surface area contributed by atoms with Crippen molar-refractivity contribution in [2.75, 3.05) is 0 Å². The number of nitrogens with zero attached hydrogens (tertiary/aromatic N) is 1. The molecule has 1 saturated heterocycles. The van der Waals surface area contributed by atoms with E-state index >= 15 is 0 Å². The largest absolute Gasteiger partial charge is 0.471 e. The van der Waals surface area contributed by atoms with Crippen LogP contribution in [0.1, 0.15) is 66.7 Å². The van der Waals surface area contributed by atoms with Gasteiger partial charge in [-0.25, -0.2) is 0 Å². The van der Waals surface area contributed by atoms with Crippen molar-refractivity contribution in [2.45, 2.75) is 96.6 Å². The van der Waals surface area contributed by atoms with E-state index in [1.54, 1.807) is 5.32 Å². The highest BCUT2D eigenvalue weighted by molar-refractivity contribution is 5.93. The van der Waals surface area contributed by atoms with Gasteiger partial charge in [0.2, 0.25) is 17.7 Å². The highest BCUT2D eigenvalue weighted by Crippen LogP contribution is 2.34. The standard InChI is InChI=1S/C23H34F3N5O4/c1-21(2,3)16(30-20(35)23(24,25)26)19(34)29-15(8-12-6-7-12)18(33)28-14(11-27)9-13-10-22(4,5)31-17(13)32/h12-16H,6-10H2,1-5H3,(H,28,33)(H,29,34)(H,30,35)(H,31,32)/t13?,14-,15?,16?/m0/s1. The van der Waals surface area contributed by atoms with Gasteiger partial charge in [-0.15, -0.1) is 0 Å². The fourth-order valence-electron chi connectivity index (χ4n) is 4.15. The average Bonchev–Trinajstić information content (AvgIpc) is 3.47. The molecule has 0 radical (unpaired) electrons. The Balaban J connectivity index is 2.10. The molecule has 2 aliphatic rings. The second-order valence-corrected chi connectivity index (χ2v) is 11.2.